The Balaban J connectivity index is 1.48. The van der Waals surface area contributed by atoms with Crippen molar-refractivity contribution in [2.75, 3.05) is 13.7 Å². The lowest BCUT2D eigenvalue weighted by Crippen LogP contribution is -2.39. The molecule has 0 saturated carbocycles. The number of carbonyl (C=O) groups is 2. The molecule has 1 aliphatic rings. The summed E-state index contributed by atoms with van der Waals surface area (Å²) in [6, 6.07) is 14.9. The molecule has 0 fully saturated rings. The molecule has 0 aliphatic heterocycles. The molecule has 0 heterocycles. The van der Waals surface area contributed by atoms with Crippen LogP contribution in [0.25, 0.3) is 0 Å². The van der Waals surface area contributed by atoms with E-state index in [0.717, 1.165) is 24.8 Å². The van der Waals surface area contributed by atoms with Gasteiger partial charge in [-0.15, -0.1) is 0 Å². The molecule has 0 saturated heterocycles. The van der Waals surface area contributed by atoms with Crippen molar-refractivity contribution in [3.63, 3.8) is 0 Å². The molecule has 2 aromatic carbocycles. The van der Waals surface area contributed by atoms with Crippen LogP contribution in [0.3, 0.4) is 0 Å². The number of esters is 1. The number of aryl methyl sites for hydroxylation is 1. The van der Waals surface area contributed by atoms with E-state index in [4.69, 9.17) is 14.2 Å². The number of carbonyl (C=O) groups excluding carboxylic acids is 2. The minimum Gasteiger partial charge on any atom is -0.497 e. The van der Waals surface area contributed by atoms with Gasteiger partial charge in [0.05, 0.1) is 13.2 Å². The van der Waals surface area contributed by atoms with Gasteiger partial charge in [0.25, 0.3) is 5.91 Å². The summed E-state index contributed by atoms with van der Waals surface area (Å²) in [6.07, 6.45) is 2.03. The molecule has 0 unspecified atom stereocenters. The van der Waals surface area contributed by atoms with Gasteiger partial charge in [-0.3, -0.25) is 4.79 Å². The topological polar surface area (TPSA) is 73.9 Å². The predicted octanol–water partition coefficient (Wildman–Crippen LogP) is 3.20. The van der Waals surface area contributed by atoms with Crippen molar-refractivity contribution in [2.45, 2.75) is 38.3 Å². The lowest BCUT2D eigenvalue weighted by molar-refractivity contribution is -0.156. The van der Waals surface area contributed by atoms with Gasteiger partial charge in [0, 0.05) is 0 Å². The van der Waals surface area contributed by atoms with E-state index in [0.29, 0.717) is 11.5 Å². The summed E-state index contributed by atoms with van der Waals surface area (Å²) in [4.78, 5) is 24.5. The molecule has 1 aliphatic carbocycles. The quantitative estimate of drug-likeness (QED) is 0.744. The zero-order valence-corrected chi connectivity index (χ0v) is 16.1. The van der Waals surface area contributed by atoms with E-state index >= 15 is 0 Å². The van der Waals surface area contributed by atoms with Crippen LogP contribution >= 0.6 is 0 Å². The van der Waals surface area contributed by atoms with E-state index in [-0.39, 0.29) is 18.6 Å². The maximum atomic E-state index is 12.5. The van der Waals surface area contributed by atoms with E-state index in [9.17, 15) is 9.59 Å². The van der Waals surface area contributed by atoms with Crippen LogP contribution in [0.4, 0.5) is 0 Å². The number of rotatable bonds is 7. The zero-order chi connectivity index (χ0) is 19.9. The van der Waals surface area contributed by atoms with Gasteiger partial charge < -0.3 is 19.5 Å². The highest BCUT2D eigenvalue weighted by atomic mass is 16.6. The average molecular weight is 383 g/mol. The molecular formula is C22H25NO5. The van der Waals surface area contributed by atoms with Crippen LogP contribution in [0.5, 0.6) is 11.5 Å². The van der Waals surface area contributed by atoms with Crippen LogP contribution in [0.15, 0.2) is 48.5 Å². The van der Waals surface area contributed by atoms with Crippen molar-refractivity contribution in [1.82, 2.24) is 5.32 Å². The Morgan fingerprint density at radius 1 is 1.11 bits per heavy atom. The first-order chi connectivity index (χ1) is 13.6. The fourth-order valence-electron chi connectivity index (χ4n) is 3.29. The first-order valence-corrected chi connectivity index (χ1v) is 9.41. The van der Waals surface area contributed by atoms with Crippen molar-refractivity contribution < 1.29 is 23.8 Å². The molecule has 148 valence electrons. The number of methoxy groups -OCH3 is 1. The second kappa shape index (κ2) is 9.26. The van der Waals surface area contributed by atoms with Gasteiger partial charge in [-0.25, -0.2) is 4.79 Å². The Morgan fingerprint density at radius 3 is 2.57 bits per heavy atom. The Morgan fingerprint density at radius 2 is 1.82 bits per heavy atom. The molecule has 1 N–H and O–H groups in total. The summed E-state index contributed by atoms with van der Waals surface area (Å²) >= 11 is 0. The first kappa shape index (κ1) is 19.7. The lowest BCUT2D eigenvalue weighted by Gasteiger charge is -2.27. The van der Waals surface area contributed by atoms with Crippen molar-refractivity contribution in [1.29, 1.82) is 0 Å². The predicted molar refractivity (Wildman–Crippen MR) is 104 cm³/mol. The highest BCUT2D eigenvalue weighted by molar-refractivity contribution is 5.84. The van der Waals surface area contributed by atoms with Crippen molar-refractivity contribution >= 4 is 11.9 Å². The van der Waals surface area contributed by atoms with Crippen molar-refractivity contribution in [2.24, 2.45) is 0 Å². The third kappa shape index (κ3) is 5.03. The lowest BCUT2D eigenvalue weighted by atomic mass is 9.87. The van der Waals surface area contributed by atoms with E-state index in [1.54, 1.807) is 38.3 Å². The zero-order valence-electron chi connectivity index (χ0n) is 16.1. The van der Waals surface area contributed by atoms with Gasteiger partial charge in [-0.1, -0.05) is 24.3 Å². The highest BCUT2D eigenvalue weighted by Crippen LogP contribution is 2.29. The van der Waals surface area contributed by atoms with Crippen molar-refractivity contribution in [3.8, 4) is 11.5 Å². The maximum Gasteiger partial charge on any atom is 0.344 e. The summed E-state index contributed by atoms with van der Waals surface area (Å²) in [6.45, 7) is 1.30. The summed E-state index contributed by atoms with van der Waals surface area (Å²) in [5.41, 5.74) is 2.40. The van der Waals surface area contributed by atoms with Crippen LogP contribution in [0, 0.1) is 0 Å². The molecule has 28 heavy (non-hydrogen) atoms. The van der Waals surface area contributed by atoms with Crippen LogP contribution in [0.1, 0.15) is 36.9 Å². The molecule has 3 rings (SSSR count). The Kier molecular flexibility index (Phi) is 6.53. The van der Waals surface area contributed by atoms with Crippen molar-refractivity contribution in [3.05, 3.63) is 59.7 Å². The SMILES string of the molecule is COc1ccc(OCC(=O)O[C@@H](C)C(=O)N[C@H]2CCCc3ccccc32)cc1. The van der Waals surface area contributed by atoms with E-state index < -0.39 is 12.1 Å². The Labute approximate surface area is 164 Å². The molecule has 0 spiro atoms. The molecule has 2 aromatic rings. The number of ether oxygens (including phenoxy) is 3. The number of nitrogens with one attached hydrogen (secondary N) is 1. The van der Waals surface area contributed by atoms with Crippen LogP contribution < -0.4 is 14.8 Å². The van der Waals surface area contributed by atoms with E-state index in [1.807, 2.05) is 18.2 Å². The number of benzene rings is 2. The van der Waals surface area contributed by atoms with Gasteiger partial charge in [-0.2, -0.15) is 0 Å². The fourth-order valence-corrected chi connectivity index (χ4v) is 3.29. The van der Waals surface area contributed by atoms with Gasteiger partial charge in [-0.05, 0) is 61.6 Å². The molecule has 2 atom stereocenters. The smallest absolute Gasteiger partial charge is 0.344 e. The summed E-state index contributed by atoms with van der Waals surface area (Å²) in [5.74, 6) is 0.320. The Bertz CT molecular complexity index is 818. The first-order valence-electron chi connectivity index (χ1n) is 9.41. The van der Waals surface area contributed by atoms with Gasteiger partial charge in [0.1, 0.15) is 11.5 Å². The van der Waals surface area contributed by atoms with Crippen LogP contribution in [-0.2, 0) is 20.7 Å². The third-order valence-corrected chi connectivity index (χ3v) is 4.78. The molecule has 0 radical (unpaired) electrons. The molecule has 1 amide bonds. The van der Waals surface area contributed by atoms with Crippen LogP contribution in [-0.4, -0.2) is 31.7 Å². The van der Waals surface area contributed by atoms with Crippen LogP contribution in [0.2, 0.25) is 0 Å². The van der Waals surface area contributed by atoms with Gasteiger partial charge >= 0.3 is 5.97 Å². The summed E-state index contributed by atoms with van der Waals surface area (Å²) in [5, 5.41) is 3.00. The monoisotopic (exact) mass is 383 g/mol. The largest absolute Gasteiger partial charge is 0.497 e. The maximum absolute atomic E-state index is 12.5. The van der Waals surface area contributed by atoms with Gasteiger partial charge in [0.15, 0.2) is 12.7 Å². The van der Waals surface area contributed by atoms with E-state index in [2.05, 4.69) is 11.4 Å². The second-order valence-electron chi connectivity index (χ2n) is 6.75. The van der Waals surface area contributed by atoms with E-state index in [1.165, 1.54) is 5.56 Å². The molecule has 0 bridgehead atoms. The average Bonchev–Trinajstić information content (AvgIpc) is 2.73. The van der Waals surface area contributed by atoms with Gasteiger partial charge in [0.2, 0.25) is 0 Å². The summed E-state index contributed by atoms with van der Waals surface area (Å²) < 4.78 is 15.7. The standard InChI is InChI=1S/C22H25NO5/c1-15(28-21(24)14-27-18-12-10-17(26-2)11-13-18)22(25)23-20-9-5-7-16-6-3-4-8-19(16)20/h3-4,6,8,10-13,15,20H,5,7,9,14H2,1-2H3,(H,23,25)/t15-,20-/m0/s1. The normalized spacial score (nSPS) is 16.4. The number of hydrogen-bond donors (Lipinski definition) is 1. The highest BCUT2D eigenvalue weighted by Gasteiger charge is 2.25. The number of amides is 1. The second-order valence-corrected chi connectivity index (χ2v) is 6.75. The number of hydrogen-bond acceptors (Lipinski definition) is 5. The number of fused-ring (bicyclic) bond motifs is 1. The molecule has 0 aromatic heterocycles. The third-order valence-electron chi connectivity index (χ3n) is 4.78. The molecular weight excluding hydrogens is 358 g/mol. The fraction of sp³-hybridized carbons (Fsp3) is 0.364. The minimum absolute atomic E-state index is 0.0471. The Hall–Kier alpha value is -3.02. The summed E-state index contributed by atoms with van der Waals surface area (Å²) in [7, 11) is 1.57. The molecule has 6 heteroatoms. The molecule has 6 nitrogen and oxygen atoms in total. The minimum atomic E-state index is -0.888.